The van der Waals surface area contributed by atoms with E-state index in [2.05, 4.69) is 19.9 Å². The fraction of sp³-hybridized carbons (Fsp3) is 0.655. The van der Waals surface area contributed by atoms with Crippen molar-refractivity contribution in [3.63, 3.8) is 0 Å². The summed E-state index contributed by atoms with van der Waals surface area (Å²) in [7, 11) is 0. The highest BCUT2D eigenvalue weighted by Crippen LogP contribution is 2.72. The van der Waals surface area contributed by atoms with E-state index in [-0.39, 0.29) is 31.8 Å². The van der Waals surface area contributed by atoms with Crippen molar-refractivity contribution < 1.29 is 48.6 Å². The van der Waals surface area contributed by atoms with Gasteiger partial charge >= 0.3 is 11.9 Å². The lowest BCUT2D eigenvalue weighted by molar-refractivity contribution is -0.232. The Morgan fingerprint density at radius 3 is 2.64 bits per heavy atom. The molecule has 6 aliphatic rings. The Hall–Kier alpha value is -2.34. The van der Waals surface area contributed by atoms with Gasteiger partial charge in [0, 0.05) is 24.0 Å². The van der Waals surface area contributed by atoms with Crippen LogP contribution in [0.1, 0.15) is 39.5 Å². The van der Waals surface area contributed by atoms with E-state index in [0.29, 0.717) is 25.0 Å². The maximum atomic E-state index is 13.2. The number of rotatable bonds is 2. The van der Waals surface area contributed by atoms with Crippen LogP contribution in [0.3, 0.4) is 0 Å². The second-order valence-electron chi connectivity index (χ2n) is 11.9. The molecule has 0 amide bonds. The fourth-order valence-corrected chi connectivity index (χ4v) is 7.72. The normalized spacial score (nSPS) is 49.1. The summed E-state index contributed by atoms with van der Waals surface area (Å²) in [5, 5.41) is 31.5. The van der Waals surface area contributed by atoms with Gasteiger partial charge in [0.2, 0.25) is 0 Å². The van der Waals surface area contributed by atoms with Crippen molar-refractivity contribution >= 4 is 11.9 Å². The number of carbonyl (C=O) groups excluding carboxylic acids is 2. The van der Waals surface area contributed by atoms with Crippen LogP contribution in [0.2, 0.25) is 0 Å². The smallest absolute Gasteiger partial charge is 0.331 e. The minimum Gasteiger partial charge on any atom is -0.462 e. The highest BCUT2D eigenvalue weighted by molar-refractivity contribution is 5.83. The second kappa shape index (κ2) is 9.36. The predicted molar refractivity (Wildman–Crippen MR) is 135 cm³/mol. The highest BCUT2D eigenvalue weighted by Gasteiger charge is 2.83. The lowest BCUT2D eigenvalue weighted by Gasteiger charge is -2.58. The zero-order valence-electron chi connectivity index (χ0n) is 22.2. The van der Waals surface area contributed by atoms with Crippen LogP contribution in [0.4, 0.5) is 0 Å². The lowest BCUT2D eigenvalue weighted by Crippen LogP contribution is -2.66. The number of allylic oxidation sites excluding steroid dienone is 3. The van der Waals surface area contributed by atoms with Crippen molar-refractivity contribution in [1.82, 2.24) is 0 Å². The number of aliphatic hydroxyl groups excluding tert-OH is 3. The topological polar surface area (TPSA) is 144 Å². The molecule has 4 bridgehead atoms. The number of epoxide rings is 1. The maximum absolute atomic E-state index is 13.2. The van der Waals surface area contributed by atoms with Gasteiger partial charge in [-0.3, -0.25) is 0 Å². The van der Waals surface area contributed by atoms with Gasteiger partial charge in [-0.2, -0.15) is 0 Å². The van der Waals surface area contributed by atoms with Crippen molar-refractivity contribution in [2.75, 3.05) is 26.4 Å². The van der Waals surface area contributed by atoms with E-state index in [1.165, 1.54) is 36.0 Å². The zero-order chi connectivity index (χ0) is 27.6. The second-order valence-corrected chi connectivity index (χ2v) is 11.9. The van der Waals surface area contributed by atoms with Crippen LogP contribution in [0, 0.1) is 10.8 Å². The monoisotopic (exact) mass is 544 g/mol. The zero-order valence-corrected chi connectivity index (χ0v) is 22.2. The molecule has 3 N–H and O–H groups in total. The first-order chi connectivity index (χ1) is 18.6. The number of aliphatic hydroxyl groups is 3. The first-order valence-electron chi connectivity index (χ1n) is 13.6. The van der Waals surface area contributed by atoms with E-state index >= 15 is 0 Å². The quantitative estimate of drug-likeness (QED) is 0.262. The molecule has 0 aromatic rings. The Labute approximate surface area is 226 Å². The molecule has 39 heavy (non-hydrogen) atoms. The molecule has 10 heteroatoms. The highest BCUT2D eigenvalue weighted by atomic mass is 16.6. The van der Waals surface area contributed by atoms with Gasteiger partial charge in [-0.15, -0.1) is 0 Å². The molecule has 2 spiro atoms. The van der Waals surface area contributed by atoms with Crippen LogP contribution in [0.5, 0.6) is 0 Å². The molecule has 9 unspecified atom stereocenters. The maximum Gasteiger partial charge on any atom is 0.331 e. The molecule has 0 aromatic carbocycles. The van der Waals surface area contributed by atoms with Gasteiger partial charge in [0.25, 0.3) is 0 Å². The Balaban J connectivity index is 1.43. The van der Waals surface area contributed by atoms with Crippen LogP contribution < -0.4 is 0 Å². The van der Waals surface area contributed by atoms with E-state index in [4.69, 9.17) is 23.7 Å². The van der Waals surface area contributed by atoms with Crippen LogP contribution >= 0.6 is 0 Å². The Kier molecular flexibility index (Phi) is 6.45. The standard InChI is InChI=1S/C29H36O10/c1-17-6-9-27-15-35-24(33)12-18-7-10-36-28(25(18)34,19(31)14-30)8-4-3-5-23(32)39-20-13-22(38-21(27)11-17)29(16-37-29)26(20,27)2/h3-5,8,11-12,19-22,25,30-31,34H,6-7,9-10,13-16H2,1-2H3/b5-3-,8-4+,18-12+. The van der Waals surface area contributed by atoms with Crippen molar-refractivity contribution in [3.8, 4) is 0 Å². The number of hydrogen-bond acceptors (Lipinski definition) is 10. The first kappa shape index (κ1) is 26.9. The number of hydrogen-bond donors (Lipinski definition) is 3. The van der Waals surface area contributed by atoms with E-state index < -0.39 is 58.9 Å². The molecule has 4 heterocycles. The molecule has 4 fully saturated rings. The fourth-order valence-electron chi connectivity index (χ4n) is 7.72. The van der Waals surface area contributed by atoms with E-state index in [0.717, 1.165) is 6.42 Å². The summed E-state index contributed by atoms with van der Waals surface area (Å²) in [5.74, 6) is -1.20. The van der Waals surface area contributed by atoms with Gasteiger partial charge in [-0.1, -0.05) is 30.7 Å². The summed E-state index contributed by atoms with van der Waals surface area (Å²) in [6.07, 6.45) is 6.99. The van der Waals surface area contributed by atoms with Gasteiger partial charge < -0.3 is 39.0 Å². The molecule has 2 aliphatic carbocycles. The molecule has 1 saturated carbocycles. The van der Waals surface area contributed by atoms with E-state index in [1.54, 1.807) is 0 Å². The van der Waals surface area contributed by atoms with E-state index in [1.807, 2.05) is 0 Å². The molecule has 0 aromatic heterocycles. The summed E-state index contributed by atoms with van der Waals surface area (Å²) in [6, 6.07) is 0. The van der Waals surface area contributed by atoms with Crippen molar-refractivity contribution in [3.05, 3.63) is 47.6 Å². The Bertz CT molecular complexity index is 1170. The molecule has 9 atom stereocenters. The Morgan fingerprint density at radius 2 is 1.90 bits per heavy atom. The van der Waals surface area contributed by atoms with Crippen molar-refractivity contribution in [2.24, 2.45) is 10.8 Å². The van der Waals surface area contributed by atoms with Gasteiger partial charge in [0.05, 0.1) is 37.4 Å². The molecule has 4 aliphatic heterocycles. The summed E-state index contributed by atoms with van der Waals surface area (Å²) in [4.78, 5) is 26.3. The van der Waals surface area contributed by atoms with Crippen LogP contribution in [-0.4, -0.2) is 95.4 Å². The third-order valence-corrected chi connectivity index (χ3v) is 10.2. The van der Waals surface area contributed by atoms with Crippen molar-refractivity contribution in [2.45, 2.75) is 81.3 Å². The molecule has 212 valence electrons. The number of cyclic esters (lactones) is 1. The minimum atomic E-state index is -1.72. The number of fused-ring (bicyclic) bond motifs is 2. The van der Waals surface area contributed by atoms with E-state index in [9.17, 15) is 24.9 Å². The summed E-state index contributed by atoms with van der Waals surface area (Å²) >= 11 is 0. The molecule has 0 radical (unpaired) electrons. The SMILES string of the molecule is CC1=CC2OC3CC4OC(=O)/C=C\C=C\C5(C(O)CO)OCC/C(=C\C(=O)OCC2(CC1)C4(C)C31CO1)C5O. The summed E-state index contributed by atoms with van der Waals surface area (Å²) in [6.45, 7) is 4.03. The van der Waals surface area contributed by atoms with Crippen LogP contribution in [0.25, 0.3) is 0 Å². The summed E-state index contributed by atoms with van der Waals surface area (Å²) in [5.41, 5.74) is -2.21. The molecular formula is C29H36O10. The van der Waals surface area contributed by atoms with Crippen LogP contribution in [0.15, 0.2) is 47.6 Å². The lowest BCUT2D eigenvalue weighted by atomic mass is 9.51. The third kappa shape index (κ3) is 3.76. The minimum absolute atomic E-state index is 0.0131. The number of esters is 2. The van der Waals surface area contributed by atoms with Crippen molar-refractivity contribution in [1.29, 1.82) is 0 Å². The number of ether oxygens (including phenoxy) is 5. The largest absolute Gasteiger partial charge is 0.462 e. The average molecular weight is 545 g/mol. The average Bonchev–Trinajstić information content (AvgIpc) is 3.69. The van der Waals surface area contributed by atoms with Crippen LogP contribution in [-0.2, 0) is 33.3 Å². The van der Waals surface area contributed by atoms with Gasteiger partial charge in [-0.05, 0) is 37.8 Å². The van der Waals surface area contributed by atoms with Gasteiger partial charge in [0.15, 0.2) is 0 Å². The Morgan fingerprint density at radius 1 is 1.10 bits per heavy atom. The predicted octanol–water partition coefficient (Wildman–Crippen LogP) is 1.04. The molecule has 10 nitrogen and oxygen atoms in total. The molecule has 6 rings (SSSR count). The molecule has 3 saturated heterocycles. The summed E-state index contributed by atoms with van der Waals surface area (Å²) < 4.78 is 30.5. The third-order valence-electron chi connectivity index (χ3n) is 10.2. The van der Waals surface area contributed by atoms with Gasteiger partial charge in [-0.25, -0.2) is 9.59 Å². The number of carbonyl (C=O) groups is 2. The van der Waals surface area contributed by atoms with Gasteiger partial charge in [0.1, 0.15) is 36.1 Å². The first-order valence-corrected chi connectivity index (χ1v) is 13.6. The molecular weight excluding hydrogens is 508 g/mol.